The number of nitrogens with two attached hydrogens (primary N) is 1. The number of anilines is 1. The third kappa shape index (κ3) is 6.76. The summed E-state index contributed by atoms with van der Waals surface area (Å²) in [6.07, 6.45) is -4.07. The number of ether oxygens (including phenoxy) is 2. The van der Waals surface area contributed by atoms with Crippen LogP contribution in [-0.2, 0) is 17.4 Å². The lowest BCUT2D eigenvalue weighted by molar-refractivity contribution is -0.137. The Bertz CT molecular complexity index is 1100. The Hall–Kier alpha value is -3.52. The van der Waals surface area contributed by atoms with Gasteiger partial charge in [-0.25, -0.2) is 0 Å². The van der Waals surface area contributed by atoms with Crippen LogP contribution in [0.2, 0.25) is 0 Å². The van der Waals surface area contributed by atoms with Crippen molar-refractivity contribution in [2.75, 3.05) is 24.7 Å². The summed E-state index contributed by atoms with van der Waals surface area (Å²) in [5.41, 5.74) is 7.48. The summed E-state index contributed by atoms with van der Waals surface area (Å²) in [7, 11) is 0. The van der Waals surface area contributed by atoms with E-state index in [1.807, 2.05) is 19.9 Å². The monoisotopic (exact) mass is 486 g/mol. The molecule has 0 aliphatic heterocycles. The third-order valence-corrected chi connectivity index (χ3v) is 5.43. The van der Waals surface area contributed by atoms with Crippen molar-refractivity contribution in [1.29, 1.82) is 0 Å². The molecule has 0 bridgehead atoms. The maximum atomic E-state index is 13.5. The molecular weight excluding hydrogens is 457 g/mol. The van der Waals surface area contributed by atoms with E-state index in [2.05, 4.69) is 0 Å². The second-order valence-electron chi connectivity index (χ2n) is 7.82. The molecule has 8 heteroatoms. The largest absolute Gasteiger partial charge is 0.490 e. The molecule has 0 aromatic heterocycles. The summed E-state index contributed by atoms with van der Waals surface area (Å²) in [5, 5.41) is 0. The second-order valence-corrected chi connectivity index (χ2v) is 7.82. The molecule has 3 aromatic carbocycles. The summed E-state index contributed by atoms with van der Waals surface area (Å²) >= 11 is 0. The Kier molecular flexibility index (Phi) is 8.76. The second kappa shape index (κ2) is 11.8. The fourth-order valence-electron chi connectivity index (χ4n) is 3.65. The molecule has 1 atom stereocenters. The van der Waals surface area contributed by atoms with E-state index in [0.717, 1.165) is 12.1 Å². The van der Waals surface area contributed by atoms with Gasteiger partial charge in [-0.05, 0) is 55.7 Å². The van der Waals surface area contributed by atoms with Crippen LogP contribution in [0.5, 0.6) is 11.5 Å². The minimum absolute atomic E-state index is 0.213. The zero-order valence-electron chi connectivity index (χ0n) is 19.7. The average Bonchev–Trinajstić information content (AvgIpc) is 2.85. The summed E-state index contributed by atoms with van der Waals surface area (Å²) in [6, 6.07) is 18.2. The van der Waals surface area contributed by atoms with Crippen molar-refractivity contribution in [2.24, 2.45) is 5.73 Å². The fourth-order valence-corrected chi connectivity index (χ4v) is 3.65. The van der Waals surface area contributed by atoms with Crippen molar-refractivity contribution < 1.29 is 27.4 Å². The van der Waals surface area contributed by atoms with Crippen LogP contribution in [0.1, 0.15) is 36.6 Å². The van der Waals surface area contributed by atoms with Crippen LogP contribution in [0.3, 0.4) is 0 Å². The molecule has 3 rings (SSSR count). The third-order valence-electron chi connectivity index (χ3n) is 5.43. The molecule has 0 spiro atoms. The van der Waals surface area contributed by atoms with E-state index >= 15 is 0 Å². The Labute approximate surface area is 203 Å². The molecule has 186 valence electrons. The minimum atomic E-state index is -4.40. The van der Waals surface area contributed by atoms with E-state index in [1.165, 1.54) is 17.0 Å². The maximum absolute atomic E-state index is 13.5. The molecule has 2 N–H and O–H groups in total. The van der Waals surface area contributed by atoms with Gasteiger partial charge in [-0.2, -0.15) is 13.2 Å². The number of halogens is 3. The van der Waals surface area contributed by atoms with Crippen LogP contribution in [-0.4, -0.2) is 25.7 Å². The van der Waals surface area contributed by atoms with Crippen LogP contribution < -0.4 is 20.1 Å². The molecule has 35 heavy (non-hydrogen) atoms. The molecule has 0 aliphatic rings. The molecule has 1 unspecified atom stereocenters. The first kappa shape index (κ1) is 26.1. The smallest absolute Gasteiger partial charge is 0.416 e. The van der Waals surface area contributed by atoms with Crippen molar-refractivity contribution in [3.05, 3.63) is 89.5 Å². The average molecular weight is 487 g/mol. The number of nitrogens with zero attached hydrogens (tertiary/aromatic N) is 1. The van der Waals surface area contributed by atoms with E-state index in [4.69, 9.17) is 15.2 Å². The summed E-state index contributed by atoms with van der Waals surface area (Å²) in [4.78, 5) is 15.0. The van der Waals surface area contributed by atoms with Crippen molar-refractivity contribution in [2.45, 2.75) is 32.5 Å². The molecular formula is C27H29F3N2O3. The molecule has 1 amide bonds. The van der Waals surface area contributed by atoms with Crippen molar-refractivity contribution in [1.82, 2.24) is 0 Å². The van der Waals surface area contributed by atoms with E-state index in [-0.39, 0.29) is 12.5 Å². The van der Waals surface area contributed by atoms with Crippen molar-refractivity contribution in [3.63, 3.8) is 0 Å². The van der Waals surface area contributed by atoms with Gasteiger partial charge in [-0.15, -0.1) is 0 Å². The first-order chi connectivity index (χ1) is 16.7. The summed E-state index contributed by atoms with van der Waals surface area (Å²) in [6.45, 7) is 4.79. The number of carbonyl (C=O) groups is 1. The Balaban J connectivity index is 1.91. The van der Waals surface area contributed by atoms with Gasteiger partial charge in [0, 0.05) is 18.3 Å². The molecule has 0 saturated carbocycles. The summed E-state index contributed by atoms with van der Waals surface area (Å²) in [5.74, 6) is 0.711. The van der Waals surface area contributed by atoms with Crippen LogP contribution in [0.25, 0.3) is 0 Å². The predicted octanol–water partition coefficient (Wildman–Crippen LogP) is 5.78. The van der Waals surface area contributed by atoms with Gasteiger partial charge in [-0.3, -0.25) is 4.79 Å². The molecule has 0 fully saturated rings. The van der Waals surface area contributed by atoms with Crippen LogP contribution in [0.15, 0.2) is 72.8 Å². The first-order valence-corrected chi connectivity index (χ1v) is 11.4. The SMILES string of the molecule is CCOc1ccc(N(CCc2ccc(C(F)(F)F)cc2)C(=O)C(N)c2ccccc2)cc1OCC. The number of hydrogen-bond acceptors (Lipinski definition) is 4. The number of rotatable bonds is 10. The number of alkyl halides is 3. The molecule has 5 nitrogen and oxygen atoms in total. The highest BCUT2D eigenvalue weighted by Crippen LogP contribution is 2.33. The van der Waals surface area contributed by atoms with E-state index in [0.29, 0.717) is 47.9 Å². The van der Waals surface area contributed by atoms with Gasteiger partial charge in [0.1, 0.15) is 6.04 Å². The Morgan fingerprint density at radius 2 is 1.54 bits per heavy atom. The Morgan fingerprint density at radius 3 is 2.14 bits per heavy atom. The Morgan fingerprint density at radius 1 is 0.914 bits per heavy atom. The van der Waals surface area contributed by atoms with Gasteiger partial charge in [0.2, 0.25) is 5.91 Å². The zero-order chi connectivity index (χ0) is 25.4. The highest BCUT2D eigenvalue weighted by Gasteiger charge is 2.30. The van der Waals surface area contributed by atoms with Crippen LogP contribution in [0.4, 0.5) is 18.9 Å². The molecule has 0 aliphatic carbocycles. The van der Waals surface area contributed by atoms with Gasteiger partial charge in [0.25, 0.3) is 0 Å². The van der Waals surface area contributed by atoms with Gasteiger partial charge in [0.15, 0.2) is 11.5 Å². The van der Waals surface area contributed by atoms with Gasteiger partial charge < -0.3 is 20.1 Å². The quantitative estimate of drug-likeness (QED) is 0.395. The van der Waals surface area contributed by atoms with Gasteiger partial charge >= 0.3 is 6.18 Å². The number of hydrogen-bond donors (Lipinski definition) is 1. The number of amides is 1. The lowest BCUT2D eigenvalue weighted by atomic mass is 10.0. The zero-order valence-corrected chi connectivity index (χ0v) is 19.7. The number of benzene rings is 3. The van der Waals surface area contributed by atoms with Gasteiger partial charge in [-0.1, -0.05) is 42.5 Å². The van der Waals surface area contributed by atoms with Crippen molar-refractivity contribution in [3.8, 4) is 11.5 Å². The van der Waals surface area contributed by atoms with E-state index < -0.39 is 17.8 Å². The molecule has 3 aromatic rings. The highest BCUT2D eigenvalue weighted by atomic mass is 19.4. The highest BCUT2D eigenvalue weighted by molar-refractivity contribution is 5.98. The van der Waals surface area contributed by atoms with Crippen molar-refractivity contribution >= 4 is 11.6 Å². The molecule has 0 heterocycles. The van der Waals surface area contributed by atoms with Crippen LogP contribution >= 0.6 is 0 Å². The molecule has 0 radical (unpaired) electrons. The van der Waals surface area contributed by atoms with E-state index in [9.17, 15) is 18.0 Å². The predicted molar refractivity (Wildman–Crippen MR) is 130 cm³/mol. The molecule has 0 saturated heterocycles. The maximum Gasteiger partial charge on any atom is 0.416 e. The topological polar surface area (TPSA) is 64.8 Å². The number of carbonyl (C=O) groups excluding carboxylic acids is 1. The lowest BCUT2D eigenvalue weighted by Gasteiger charge is -2.27. The summed E-state index contributed by atoms with van der Waals surface area (Å²) < 4.78 is 50.1. The van der Waals surface area contributed by atoms with E-state index in [1.54, 1.807) is 42.5 Å². The van der Waals surface area contributed by atoms with Crippen LogP contribution in [0, 0.1) is 0 Å². The van der Waals surface area contributed by atoms with Gasteiger partial charge in [0.05, 0.1) is 18.8 Å². The minimum Gasteiger partial charge on any atom is -0.490 e. The lowest BCUT2D eigenvalue weighted by Crippen LogP contribution is -2.40. The standard InChI is InChI=1S/C27H29F3N2O3/c1-3-34-23-15-14-22(18-24(23)35-4-2)32(26(33)25(31)20-8-6-5-7-9-20)17-16-19-10-12-21(13-11-19)27(28,29)30/h5-15,18,25H,3-4,16-17,31H2,1-2H3. The fraction of sp³-hybridized carbons (Fsp3) is 0.296. The first-order valence-electron chi connectivity index (χ1n) is 11.4. The normalized spacial score (nSPS) is 12.2.